The number of esters is 3. The van der Waals surface area contributed by atoms with E-state index < -0.39 is 6.10 Å². The minimum Gasteiger partial charge on any atom is -0.462 e. The van der Waals surface area contributed by atoms with Crippen LogP contribution in [0.4, 0.5) is 0 Å². The molecular weight excluding hydrogens is 781 g/mol. The van der Waals surface area contributed by atoms with E-state index in [4.69, 9.17) is 14.2 Å². The number of carbonyl (C=O) groups excluding carboxylic acids is 3. The van der Waals surface area contributed by atoms with Crippen molar-refractivity contribution in [1.29, 1.82) is 0 Å². The summed E-state index contributed by atoms with van der Waals surface area (Å²) < 4.78 is 16.8. The average Bonchev–Trinajstić information content (AvgIpc) is 3.28. The van der Waals surface area contributed by atoms with Crippen LogP contribution in [0.3, 0.4) is 0 Å². The third-order valence-electron chi connectivity index (χ3n) is 12.8. The van der Waals surface area contributed by atoms with Crippen LogP contribution in [-0.2, 0) is 28.6 Å². The second-order valence-electron chi connectivity index (χ2n) is 19.2. The van der Waals surface area contributed by atoms with Crippen LogP contribution < -0.4 is 0 Å². The van der Waals surface area contributed by atoms with Crippen molar-refractivity contribution >= 4 is 17.9 Å². The van der Waals surface area contributed by atoms with Gasteiger partial charge in [-0.1, -0.05) is 270 Å². The van der Waals surface area contributed by atoms with Gasteiger partial charge < -0.3 is 14.2 Å². The van der Waals surface area contributed by atoms with Crippen LogP contribution in [-0.4, -0.2) is 37.2 Å². The Kier molecular flexibility index (Phi) is 51.2. The Morgan fingerprint density at radius 1 is 0.302 bits per heavy atom. The number of carbonyl (C=O) groups is 3. The summed E-state index contributed by atoms with van der Waals surface area (Å²) in [5, 5.41) is 0. The molecule has 0 N–H and O–H groups in total. The van der Waals surface area contributed by atoms with E-state index >= 15 is 0 Å². The van der Waals surface area contributed by atoms with Gasteiger partial charge in [0.15, 0.2) is 6.10 Å². The van der Waals surface area contributed by atoms with Gasteiger partial charge in [0.05, 0.1) is 0 Å². The zero-order valence-corrected chi connectivity index (χ0v) is 42.6. The van der Waals surface area contributed by atoms with Crippen molar-refractivity contribution in [2.45, 2.75) is 322 Å². The fourth-order valence-corrected chi connectivity index (χ4v) is 8.49. The maximum Gasteiger partial charge on any atom is 0.306 e. The average molecular weight is 889 g/mol. The molecular formula is C57H108O6. The number of unbranched alkanes of at least 4 members (excludes halogenated alkanes) is 39. The lowest BCUT2D eigenvalue weighted by atomic mass is 10.0. The maximum atomic E-state index is 12.8. The highest BCUT2D eigenvalue weighted by molar-refractivity contribution is 5.71. The van der Waals surface area contributed by atoms with Crippen molar-refractivity contribution in [3.05, 3.63) is 12.2 Å². The maximum absolute atomic E-state index is 12.8. The summed E-state index contributed by atoms with van der Waals surface area (Å²) in [7, 11) is 0. The fraction of sp³-hybridized carbons (Fsp3) is 0.912. The summed E-state index contributed by atoms with van der Waals surface area (Å²) in [4.78, 5) is 38.0. The minimum absolute atomic E-state index is 0.0677. The highest BCUT2D eigenvalue weighted by Crippen LogP contribution is 2.17. The molecule has 0 saturated heterocycles. The van der Waals surface area contributed by atoms with E-state index in [2.05, 4.69) is 32.9 Å². The Bertz CT molecular complexity index is 978. The smallest absolute Gasteiger partial charge is 0.306 e. The van der Waals surface area contributed by atoms with Crippen molar-refractivity contribution in [2.24, 2.45) is 0 Å². The van der Waals surface area contributed by atoms with E-state index in [1.807, 2.05) is 0 Å². The van der Waals surface area contributed by atoms with Crippen molar-refractivity contribution < 1.29 is 28.6 Å². The van der Waals surface area contributed by atoms with E-state index in [0.717, 1.165) is 64.2 Å². The molecule has 0 bridgehead atoms. The molecule has 0 spiro atoms. The molecule has 0 aromatic heterocycles. The van der Waals surface area contributed by atoms with Gasteiger partial charge in [-0.2, -0.15) is 0 Å². The van der Waals surface area contributed by atoms with Gasteiger partial charge in [0.25, 0.3) is 0 Å². The second kappa shape index (κ2) is 52.8. The lowest BCUT2D eigenvalue weighted by molar-refractivity contribution is -0.167. The molecule has 0 unspecified atom stereocenters. The van der Waals surface area contributed by atoms with Crippen molar-refractivity contribution in [2.75, 3.05) is 13.2 Å². The molecule has 0 radical (unpaired) electrons. The molecule has 372 valence electrons. The molecule has 0 aromatic rings. The first-order valence-corrected chi connectivity index (χ1v) is 28.2. The topological polar surface area (TPSA) is 78.9 Å². The summed E-state index contributed by atoms with van der Waals surface area (Å²) in [6.07, 6.45) is 59.2. The predicted octanol–water partition coefficient (Wildman–Crippen LogP) is 18.5. The molecule has 0 aliphatic carbocycles. The fourth-order valence-electron chi connectivity index (χ4n) is 8.49. The van der Waals surface area contributed by atoms with Gasteiger partial charge in [0, 0.05) is 19.3 Å². The monoisotopic (exact) mass is 889 g/mol. The van der Waals surface area contributed by atoms with Crippen LogP contribution >= 0.6 is 0 Å². The number of hydrogen-bond acceptors (Lipinski definition) is 6. The zero-order valence-electron chi connectivity index (χ0n) is 42.6. The number of hydrogen-bond donors (Lipinski definition) is 0. The lowest BCUT2D eigenvalue weighted by Gasteiger charge is -2.18. The summed E-state index contributed by atoms with van der Waals surface area (Å²) in [5.41, 5.74) is 0. The molecule has 6 nitrogen and oxygen atoms in total. The first kappa shape index (κ1) is 61.1. The second-order valence-corrected chi connectivity index (χ2v) is 19.2. The SMILES string of the molecule is CCCC/C=C\CCCCCCCC(=O)O[C@@H](COC(=O)CCCCCCCCCCCCCCCCC)COC(=O)CCCCCCCCCCCCCCCCCCCCC. The third kappa shape index (κ3) is 51.0. The summed E-state index contributed by atoms with van der Waals surface area (Å²) in [5.74, 6) is -0.856. The van der Waals surface area contributed by atoms with Crippen molar-refractivity contribution in [3.8, 4) is 0 Å². The minimum atomic E-state index is -0.768. The van der Waals surface area contributed by atoms with Crippen LogP contribution in [0.2, 0.25) is 0 Å². The van der Waals surface area contributed by atoms with Crippen LogP contribution in [0.15, 0.2) is 12.2 Å². The number of ether oxygens (including phenoxy) is 3. The van der Waals surface area contributed by atoms with E-state index in [9.17, 15) is 14.4 Å². The third-order valence-corrected chi connectivity index (χ3v) is 12.8. The van der Waals surface area contributed by atoms with Crippen LogP contribution in [0.1, 0.15) is 316 Å². The van der Waals surface area contributed by atoms with Crippen molar-refractivity contribution in [3.63, 3.8) is 0 Å². The Hall–Kier alpha value is -1.85. The number of rotatable bonds is 52. The van der Waals surface area contributed by atoms with Crippen LogP contribution in [0.25, 0.3) is 0 Å². The van der Waals surface area contributed by atoms with Gasteiger partial charge in [-0.15, -0.1) is 0 Å². The van der Waals surface area contributed by atoms with Gasteiger partial charge >= 0.3 is 17.9 Å². The zero-order chi connectivity index (χ0) is 45.8. The lowest BCUT2D eigenvalue weighted by Crippen LogP contribution is -2.30. The Morgan fingerprint density at radius 3 is 0.841 bits per heavy atom. The van der Waals surface area contributed by atoms with E-state index in [1.54, 1.807) is 0 Å². The predicted molar refractivity (Wildman–Crippen MR) is 270 cm³/mol. The molecule has 1 atom stereocenters. The Balaban J connectivity index is 4.24. The first-order chi connectivity index (χ1) is 31.0. The highest BCUT2D eigenvalue weighted by Gasteiger charge is 2.19. The molecule has 0 fully saturated rings. The summed E-state index contributed by atoms with van der Waals surface area (Å²) >= 11 is 0. The van der Waals surface area contributed by atoms with E-state index in [-0.39, 0.29) is 31.1 Å². The molecule has 0 aliphatic heterocycles. The quantitative estimate of drug-likeness (QED) is 0.0262. The van der Waals surface area contributed by atoms with Crippen LogP contribution in [0, 0.1) is 0 Å². The molecule has 0 aliphatic rings. The van der Waals surface area contributed by atoms with Crippen LogP contribution in [0.5, 0.6) is 0 Å². The van der Waals surface area contributed by atoms with Gasteiger partial charge in [-0.05, 0) is 38.5 Å². The van der Waals surface area contributed by atoms with E-state index in [0.29, 0.717) is 19.3 Å². The summed E-state index contributed by atoms with van der Waals surface area (Å²) in [6, 6.07) is 0. The van der Waals surface area contributed by atoms with E-state index in [1.165, 1.54) is 212 Å². The molecule has 0 saturated carbocycles. The molecule has 0 rings (SSSR count). The molecule has 0 amide bonds. The Labute approximate surface area is 392 Å². The standard InChI is InChI=1S/C57H108O6/c1-4-7-10-13-16-19-22-24-26-27-28-29-31-33-36-38-41-44-47-50-56(59)62-53-54(63-57(60)51-48-45-42-39-34-21-18-15-12-9-6-3)52-61-55(58)49-46-43-40-37-35-32-30-25-23-20-17-14-11-8-5-2/h15,18,54H,4-14,16-17,19-53H2,1-3H3/b18-15-/t54-/m0/s1. The van der Waals surface area contributed by atoms with Gasteiger partial charge in [0.1, 0.15) is 13.2 Å². The Morgan fingerprint density at radius 2 is 0.540 bits per heavy atom. The molecule has 0 heterocycles. The van der Waals surface area contributed by atoms with Crippen molar-refractivity contribution in [1.82, 2.24) is 0 Å². The molecule has 0 aromatic carbocycles. The van der Waals surface area contributed by atoms with Gasteiger partial charge in [0.2, 0.25) is 0 Å². The number of allylic oxidation sites excluding steroid dienone is 2. The first-order valence-electron chi connectivity index (χ1n) is 28.2. The largest absolute Gasteiger partial charge is 0.462 e. The normalized spacial score (nSPS) is 12.0. The summed E-state index contributed by atoms with van der Waals surface area (Å²) in [6.45, 7) is 6.65. The van der Waals surface area contributed by atoms with Gasteiger partial charge in [-0.25, -0.2) is 0 Å². The highest BCUT2D eigenvalue weighted by atomic mass is 16.6. The molecule has 63 heavy (non-hydrogen) atoms. The van der Waals surface area contributed by atoms with Gasteiger partial charge in [-0.3, -0.25) is 14.4 Å². The molecule has 6 heteroatoms.